The minimum Gasteiger partial charge on any atom is -0.497 e. The van der Waals surface area contributed by atoms with Crippen LogP contribution >= 0.6 is 22.9 Å². The minimum atomic E-state index is -0.181. The van der Waals surface area contributed by atoms with Crippen molar-refractivity contribution in [2.24, 2.45) is 0 Å². The van der Waals surface area contributed by atoms with Crippen LogP contribution < -0.4 is 15.0 Å². The molecule has 0 aliphatic carbocycles. The SMILES string of the molecule is COc1ccc(CN(C(=O)c2cnc(Nc3ccc4ccccc4n3)s2)c2c(C)cccc2Cl)cc1. The number of fused-ring (bicyclic) bond motifs is 1. The van der Waals surface area contributed by atoms with E-state index in [0.717, 1.165) is 27.8 Å². The molecule has 0 saturated carbocycles. The van der Waals surface area contributed by atoms with Gasteiger partial charge in [-0.2, -0.15) is 0 Å². The van der Waals surface area contributed by atoms with E-state index in [1.54, 1.807) is 24.3 Å². The van der Waals surface area contributed by atoms with Gasteiger partial charge in [0.25, 0.3) is 5.91 Å². The molecule has 2 aromatic heterocycles. The highest BCUT2D eigenvalue weighted by Crippen LogP contribution is 2.34. The number of para-hydroxylation sites is 2. The van der Waals surface area contributed by atoms with Crippen LogP contribution in [0.2, 0.25) is 5.02 Å². The van der Waals surface area contributed by atoms with Gasteiger partial charge in [0.2, 0.25) is 0 Å². The second kappa shape index (κ2) is 10.4. The number of carbonyl (C=O) groups is 1. The van der Waals surface area contributed by atoms with Crippen molar-refractivity contribution >= 4 is 56.4 Å². The standard InChI is InChI=1S/C28H23ClN4O2S/c1-18-6-5-8-22(29)26(18)33(17-19-10-13-21(35-2)14-11-19)27(34)24-16-30-28(36-24)32-25-15-12-20-7-3-4-9-23(20)31-25/h3-16H,17H2,1-2H3,(H,30,31,32). The molecular weight excluding hydrogens is 492 g/mol. The third-order valence-corrected chi connectivity index (χ3v) is 6.96. The zero-order valence-corrected chi connectivity index (χ0v) is 21.3. The first kappa shape index (κ1) is 23.8. The first-order chi connectivity index (χ1) is 17.5. The van der Waals surface area contributed by atoms with Gasteiger partial charge in [0, 0.05) is 5.39 Å². The van der Waals surface area contributed by atoms with E-state index < -0.39 is 0 Å². The van der Waals surface area contributed by atoms with E-state index in [1.807, 2.05) is 79.7 Å². The van der Waals surface area contributed by atoms with Crippen LogP contribution in [0.1, 0.15) is 20.8 Å². The summed E-state index contributed by atoms with van der Waals surface area (Å²) in [5.41, 5.74) is 3.42. The van der Waals surface area contributed by atoms with Crippen LogP contribution in [0.5, 0.6) is 5.75 Å². The molecule has 2 heterocycles. The summed E-state index contributed by atoms with van der Waals surface area (Å²) in [6.07, 6.45) is 1.59. The van der Waals surface area contributed by atoms with E-state index in [9.17, 15) is 4.79 Å². The summed E-state index contributed by atoms with van der Waals surface area (Å²) in [5.74, 6) is 1.24. The quantitative estimate of drug-likeness (QED) is 0.248. The zero-order valence-electron chi connectivity index (χ0n) is 19.7. The van der Waals surface area contributed by atoms with Crippen LogP contribution in [0, 0.1) is 6.92 Å². The number of amides is 1. The predicted molar refractivity (Wildman–Crippen MR) is 147 cm³/mol. The Hall–Kier alpha value is -3.94. The lowest BCUT2D eigenvalue weighted by molar-refractivity contribution is 0.0988. The lowest BCUT2D eigenvalue weighted by Gasteiger charge is -2.25. The van der Waals surface area contributed by atoms with Crippen molar-refractivity contribution < 1.29 is 9.53 Å². The maximum Gasteiger partial charge on any atom is 0.270 e. The third kappa shape index (κ3) is 5.03. The summed E-state index contributed by atoms with van der Waals surface area (Å²) < 4.78 is 5.27. The Bertz CT molecular complexity index is 1510. The first-order valence-corrected chi connectivity index (χ1v) is 12.5. The molecule has 0 aliphatic rings. The van der Waals surface area contributed by atoms with Gasteiger partial charge in [-0.15, -0.1) is 0 Å². The molecule has 0 radical (unpaired) electrons. The first-order valence-electron chi connectivity index (χ1n) is 11.3. The number of halogens is 1. The number of aromatic nitrogens is 2. The fraction of sp³-hybridized carbons (Fsp3) is 0.107. The molecule has 0 atom stereocenters. The fourth-order valence-electron chi connectivity index (χ4n) is 3.94. The van der Waals surface area contributed by atoms with Crippen molar-refractivity contribution in [1.82, 2.24) is 9.97 Å². The summed E-state index contributed by atoms with van der Waals surface area (Å²) in [5, 5.41) is 5.38. The van der Waals surface area contributed by atoms with Crippen molar-refractivity contribution in [3.8, 4) is 5.75 Å². The summed E-state index contributed by atoms with van der Waals surface area (Å²) in [6, 6.07) is 25.1. The maximum absolute atomic E-state index is 13.8. The number of benzene rings is 3. The topological polar surface area (TPSA) is 67.3 Å². The average molecular weight is 515 g/mol. The Morgan fingerprint density at radius 1 is 1.03 bits per heavy atom. The summed E-state index contributed by atoms with van der Waals surface area (Å²) in [4.78, 5) is 25.0. The highest BCUT2D eigenvalue weighted by atomic mass is 35.5. The Kier molecular flexibility index (Phi) is 6.84. The Morgan fingerprint density at radius 3 is 2.61 bits per heavy atom. The number of ether oxygens (including phenoxy) is 1. The highest BCUT2D eigenvalue weighted by molar-refractivity contribution is 7.17. The van der Waals surface area contributed by atoms with Crippen molar-refractivity contribution in [3.05, 3.63) is 106 Å². The van der Waals surface area contributed by atoms with E-state index in [0.29, 0.717) is 33.1 Å². The molecule has 1 amide bonds. The normalized spacial score (nSPS) is 10.9. The van der Waals surface area contributed by atoms with E-state index in [1.165, 1.54) is 11.3 Å². The number of hydrogen-bond donors (Lipinski definition) is 1. The van der Waals surface area contributed by atoms with Gasteiger partial charge in [0.1, 0.15) is 16.4 Å². The predicted octanol–water partition coefficient (Wildman–Crippen LogP) is 7.25. The summed E-state index contributed by atoms with van der Waals surface area (Å²) >= 11 is 7.86. The highest BCUT2D eigenvalue weighted by Gasteiger charge is 2.24. The molecule has 0 bridgehead atoms. The maximum atomic E-state index is 13.8. The number of nitrogens with one attached hydrogen (secondary N) is 1. The number of thiazole rings is 1. The molecule has 6 nitrogen and oxygen atoms in total. The zero-order chi connectivity index (χ0) is 25.1. The molecule has 3 aromatic carbocycles. The molecule has 0 spiro atoms. The molecule has 0 aliphatic heterocycles. The van der Waals surface area contributed by atoms with Gasteiger partial charge in [-0.25, -0.2) is 9.97 Å². The van der Waals surface area contributed by atoms with Crippen LogP contribution in [0.3, 0.4) is 0 Å². The molecule has 180 valence electrons. The van der Waals surface area contributed by atoms with E-state index in [4.69, 9.17) is 16.3 Å². The van der Waals surface area contributed by atoms with Crippen LogP contribution in [-0.4, -0.2) is 23.0 Å². The van der Waals surface area contributed by atoms with Crippen molar-refractivity contribution in [3.63, 3.8) is 0 Å². The van der Waals surface area contributed by atoms with Gasteiger partial charge in [0.05, 0.1) is 36.1 Å². The number of hydrogen-bond acceptors (Lipinski definition) is 6. The van der Waals surface area contributed by atoms with E-state index >= 15 is 0 Å². The Morgan fingerprint density at radius 2 is 1.83 bits per heavy atom. The molecule has 5 aromatic rings. The van der Waals surface area contributed by atoms with Crippen LogP contribution in [-0.2, 0) is 6.54 Å². The smallest absolute Gasteiger partial charge is 0.270 e. The van der Waals surface area contributed by atoms with Crippen LogP contribution in [0.25, 0.3) is 10.9 Å². The van der Waals surface area contributed by atoms with Gasteiger partial charge in [-0.05, 0) is 54.4 Å². The van der Waals surface area contributed by atoms with Crippen LogP contribution in [0.4, 0.5) is 16.6 Å². The number of methoxy groups -OCH3 is 1. The Balaban J connectivity index is 1.44. The van der Waals surface area contributed by atoms with Crippen LogP contribution in [0.15, 0.2) is 85.1 Å². The summed E-state index contributed by atoms with van der Waals surface area (Å²) in [7, 11) is 1.63. The fourth-order valence-corrected chi connectivity index (χ4v) is 5.04. The lowest BCUT2D eigenvalue weighted by atomic mass is 10.1. The molecule has 0 fully saturated rings. The van der Waals surface area contributed by atoms with Gasteiger partial charge >= 0.3 is 0 Å². The molecule has 8 heteroatoms. The van der Waals surface area contributed by atoms with Crippen molar-refractivity contribution in [2.75, 3.05) is 17.3 Å². The van der Waals surface area contributed by atoms with Gasteiger partial charge in [-0.1, -0.05) is 65.4 Å². The monoisotopic (exact) mass is 514 g/mol. The number of nitrogens with zero attached hydrogens (tertiary/aromatic N) is 3. The van der Waals surface area contributed by atoms with Crippen molar-refractivity contribution in [2.45, 2.75) is 13.5 Å². The van der Waals surface area contributed by atoms with Crippen molar-refractivity contribution in [1.29, 1.82) is 0 Å². The minimum absolute atomic E-state index is 0.181. The Labute approximate surface area is 218 Å². The molecule has 0 saturated heterocycles. The third-order valence-electron chi connectivity index (χ3n) is 5.75. The molecule has 1 N–H and O–H groups in total. The number of carbonyl (C=O) groups excluding carboxylic acids is 1. The average Bonchev–Trinajstić information content (AvgIpc) is 3.36. The van der Waals surface area contributed by atoms with Gasteiger partial charge < -0.3 is 15.0 Å². The number of aryl methyl sites for hydroxylation is 1. The van der Waals surface area contributed by atoms with Gasteiger partial charge in [0.15, 0.2) is 5.13 Å². The van der Waals surface area contributed by atoms with Gasteiger partial charge in [-0.3, -0.25) is 4.79 Å². The molecule has 0 unspecified atom stereocenters. The number of anilines is 3. The number of rotatable bonds is 7. The van der Waals surface area contributed by atoms with E-state index in [-0.39, 0.29) is 5.91 Å². The number of pyridine rings is 1. The molecule has 5 rings (SSSR count). The lowest BCUT2D eigenvalue weighted by Crippen LogP contribution is -2.30. The largest absolute Gasteiger partial charge is 0.497 e. The molecular formula is C28H23ClN4O2S. The summed E-state index contributed by atoms with van der Waals surface area (Å²) in [6.45, 7) is 2.29. The van der Waals surface area contributed by atoms with E-state index in [2.05, 4.69) is 15.3 Å². The molecule has 36 heavy (non-hydrogen) atoms. The second-order valence-corrected chi connectivity index (χ2v) is 9.63. The second-order valence-electron chi connectivity index (χ2n) is 8.19.